The second kappa shape index (κ2) is 10.9. The lowest BCUT2D eigenvalue weighted by molar-refractivity contribution is -0.123. The van der Waals surface area contributed by atoms with Crippen LogP contribution in [0.5, 0.6) is 11.5 Å². The van der Waals surface area contributed by atoms with E-state index in [0.29, 0.717) is 0 Å². The quantitative estimate of drug-likeness (QED) is 0.684. The van der Waals surface area contributed by atoms with E-state index in [-0.39, 0.29) is 42.6 Å². The van der Waals surface area contributed by atoms with Gasteiger partial charge in [-0.15, -0.1) is 12.4 Å². The Morgan fingerprint density at radius 1 is 1.06 bits per heavy atom. The molecule has 0 spiro atoms. The number of benzene rings is 2. The van der Waals surface area contributed by atoms with E-state index in [0.717, 1.165) is 50.0 Å². The molecule has 2 N–H and O–H groups in total. The molecular weight excluding hydrogens is 412 g/mol. The molecule has 1 saturated carbocycles. The Balaban J connectivity index is 0.00000272. The van der Waals surface area contributed by atoms with Crippen LogP contribution in [0.25, 0.3) is 0 Å². The molecule has 0 aromatic heterocycles. The number of halogens is 1. The van der Waals surface area contributed by atoms with Crippen molar-refractivity contribution in [3.63, 3.8) is 0 Å². The lowest BCUT2D eigenvalue weighted by Gasteiger charge is -2.31. The Bertz CT molecular complexity index is 853. The van der Waals surface area contributed by atoms with Crippen molar-refractivity contribution in [1.82, 2.24) is 10.6 Å². The second-order valence-corrected chi connectivity index (χ2v) is 8.44. The highest BCUT2D eigenvalue weighted by Gasteiger charge is 2.26. The summed E-state index contributed by atoms with van der Waals surface area (Å²) in [4.78, 5) is 12.0. The van der Waals surface area contributed by atoms with E-state index >= 15 is 0 Å². The average molecular weight is 445 g/mol. The normalized spacial score (nSPS) is 23.5. The van der Waals surface area contributed by atoms with Crippen molar-refractivity contribution in [1.29, 1.82) is 0 Å². The zero-order valence-electron chi connectivity index (χ0n) is 18.3. The van der Waals surface area contributed by atoms with Gasteiger partial charge in [0.25, 0.3) is 0 Å². The molecule has 4 rings (SSSR count). The van der Waals surface area contributed by atoms with Crippen molar-refractivity contribution in [2.45, 2.75) is 69.7 Å². The van der Waals surface area contributed by atoms with E-state index in [1.807, 2.05) is 25.1 Å². The minimum absolute atomic E-state index is 0. The minimum atomic E-state index is -0.154. The Morgan fingerprint density at radius 3 is 2.52 bits per heavy atom. The highest BCUT2D eigenvalue weighted by atomic mass is 35.5. The SMILES string of the molecule is CNC(C)C(=O)NC1CCC(Oc2ccc3c(c2)CCC(c2ccccc2)O3)CC1.Cl. The summed E-state index contributed by atoms with van der Waals surface area (Å²) in [5.41, 5.74) is 2.46. The summed E-state index contributed by atoms with van der Waals surface area (Å²) in [6.45, 7) is 1.88. The van der Waals surface area contributed by atoms with Crippen molar-refractivity contribution in [3.8, 4) is 11.5 Å². The summed E-state index contributed by atoms with van der Waals surface area (Å²) < 4.78 is 12.5. The lowest BCUT2D eigenvalue weighted by atomic mass is 9.92. The van der Waals surface area contributed by atoms with Crippen LogP contribution in [0.1, 0.15) is 56.3 Å². The average Bonchev–Trinajstić information content (AvgIpc) is 2.80. The van der Waals surface area contributed by atoms with Gasteiger partial charge in [0.05, 0.1) is 12.1 Å². The van der Waals surface area contributed by atoms with Crippen molar-refractivity contribution in [2.24, 2.45) is 0 Å². The number of hydrogen-bond donors (Lipinski definition) is 2. The molecule has 1 aliphatic heterocycles. The summed E-state index contributed by atoms with van der Waals surface area (Å²) in [6.07, 6.45) is 6.15. The van der Waals surface area contributed by atoms with Gasteiger partial charge < -0.3 is 20.1 Å². The third-order valence-corrected chi connectivity index (χ3v) is 6.30. The number of likely N-dealkylation sites (N-methyl/N-ethyl adjacent to an activating group) is 1. The van der Waals surface area contributed by atoms with Crippen LogP contribution in [0.15, 0.2) is 48.5 Å². The molecule has 168 valence electrons. The Hall–Kier alpha value is -2.24. The standard InChI is InChI=1S/C25H32N2O3.ClH/c1-17(26-2)25(28)27-20-9-11-21(12-10-20)29-22-13-15-24-19(16-22)8-14-23(30-24)18-6-4-3-5-7-18;/h3-7,13,15-17,20-21,23,26H,8-12,14H2,1-2H3,(H,27,28);1H. The van der Waals surface area contributed by atoms with Crippen LogP contribution in [0.2, 0.25) is 0 Å². The van der Waals surface area contributed by atoms with Crippen LogP contribution in [-0.4, -0.2) is 31.1 Å². The van der Waals surface area contributed by atoms with E-state index in [1.165, 1.54) is 11.1 Å². The molecule has 2 unspecified atom stereocenters. The topological polar surface area (TPSA) is 59.6 Å². The summed E-state index contributed by atoms with van der Waals surface area (Å²) in [5, 5.41) is 6.12. The zero-order chi connectivity index (χ0) is 20.9. The number of fused-ring (bicyclic) bond motifs is 1. The highest BCUT2D eigenvalue weighted by Crippen LogP contribution is 2.37. The van der Waals surface area contributed by atoms with Gasteiger partial charge in [-0.3, -0.25) is 4.79 Å². The van der Waals surface area contributed by atoms with Crippen LogP contribution in [0, 0.1) is 0 Å². The van der Waals surface area contributed by atoms with Gasteiger partial charge in [-0.25, -0.2) is 0 Å². The number of rotatable bonds is 6. The molecule has 1 fully saturated rings. The van der Waals surface area contributed by atoms with Gasteiger partial charge in [0.2, 0.25) is 5.91 Å². The fraction of sp³-hybridized carbons (Fsp3) is 0.480. The number of carbonyl (C=O) groups excluding carboxylic acids is 1. The first-order valence-corrected chi connectivity index (χ1v) is 11.1. The monoisotopic (exact) mass is 444 g/mol. The lowest BCUT2D eigenvalue weighted by Crippen LogP contribution is -2.47. The minimum Gasteiger partial charge on any atom is -0.490 e. The maximum absolute atomic E-state index is 12.0. The second-order valence-electron chi connectivity index (χ2n) is 8.44. The van der Waals surface area contributed by atoms with E-state index < -0.39 is 0 Å². The summed E-state index contributed by atoms with van der Waals surface area (Å²) in [6, 6.07) is 16.7. The molecule has 1 amide bonds. The molecule has 1 heterocycles. The number of amides is 1. The van der Waals surface area contributed by atoms with E-state index in [4.69, 9.17) is 9.47 Å². The molecule has 2 aliphatic rings. The largest absolute Gasteiger partial charge is 0.490 e. The van der Waals surface area contributed by atoms with Crippen molar-refractivity contribution < 1.29 is 14.3 Å². The smallest absolute Gasteiger partial charge is 0.237 e. The van der Waals surface area contributed by atoms with Crippen LogP contribution < -0.4 is 20.1 Å². The van der Waals surface area contributed by atoms with E-state index in [1.54, 1.807) is 7.05 Å². The number of aryl methyl sites for hydroxylation is 1. The Morgan fingerprint density at radius 2 is 1.81 bits per heavy atom. The van der Waals surface area contributed by atoms with Gasteiger partial charge >= 0.3 is 0 Å². The third-order valence-electron chi connectivity index (χ3n) is 6.30. The summed E-state index contributed by atoms with van der Waals surface area (Å²) >= 11 is 0. The van der Waals surface area contributed by atoms with Gasteiger partial charge in [0, 0.05) is 6.04 Å². The maximum atomic E-state index is 12.0. The molecule has 6 heteroatoms. The van der Waals surface area contributed by atoms with Crippen LogP contribution in [-0.2, 0) is 11.2 Å². The van der Waals surface area contributed by atoms with Crippen LogP contribution in [0.4, 0.5) is 0 Å². The summed E-state index contributed by atoms with van der Waals surface area (Å²) in [5.74, 6) is 1.96. The van der Waals surface area contributed by atoms with Crippen molar-refractivity contribution >= 4 is 18.3 Å². The molecule has 2 aromatic carbocycles. The first-order valence-electron chi connectivity index (χ1n) is 11.1. The maximum Gasteiger partial charge on any atom is 0.237 e. The van der Waals surface area contributed by atoms with Gasteiger partial charge in [-0.1, -0.05) is 30.3 Å². The van der Waals surface area contributed by atoms with Crippen LogP contribution in [0.3, 0.4) is 0 Å². The third kappa shape index (κ3) is 5.92. The number of carbonyl (C=O) groups is 1. The van der Waals surface area contributed by atoms with Gasteiger partial charge in [0.15, 0.2) is 0 Å². The highest BCUT2D eigenvalue weighted by molar-refractivity contribution is 5.85. The molecule has 31 heavy (non-hydrogen) atoms. The van der Waals surface area contributed by atoms with Crippen molar-refractivity contribution in [2.75, 3.05) is 7.05 Å². The fourth-order valence-electron chi connectivity index (χ4n) is 4.32. The van der Waals surface area contributed by atoms with Crippen LogP contribution >= 0.6 is 12.4 Å². The van der Waals surface area contributed by atoms with Gasteiger partial charge in [-0.2, -0.15) is 0 Å². The number of hydrogen-bond acceptors (Lipinski definition) is 4. The predicted molar refractivity (Wildman–Crippen MR) is 125 cm³/mol. The first-order chi connectivity index (χ1) is 14.6. The van der Waals surface area contributed by atoms with Gasteiger partial charge in [0.1, 0.15) is 17.6 Å². The molecule has 2 atom stereocenters. The summed E-state index contributed by atoms with van der Waals surface area (Å²) in [7, 11) is 1.81. The number of nitrogens with one attached hydrogen (secondary N) is 2. The predicted octanol–water partition coefficient (Wildman–Crippen LogP) is 4.59. The Labute approximate surface area is 191 Å². The van der Waals surface area contributed by atoms with Gasteiger partial charge in [-0.05, 0) is 81.8 Å². The molecular formula is C25H33ClN2O3. The Kier molecular flexibility index (Phi) is 8.22. The molecule has 0 saturated heterocycles. The van der Waals surface area contributed by atoms with Crippen molar-refractivity contribution in [3.05, 3.63) is 59.7 Å². The first kappa shape index (κ1) is 23.4. The molecule has 0 radical (unpaired) electrons. The number of ether oxygens (including phenoxy) is 2. The fourth-order valence-corrected chi connectivity index (χ4v) is 4.32. The van der Waals surface area contributed by atoms with E-state index in [9.17, 15) is 4.79 Å². The molecule has 0 bridgehead atoms. The molecule has 1 aliphatic carbocycles. The van der Waals surface area contributed by atoms with E-state index in [2.05, 4.69) is 41.0 Å². The zero-order valence-corrected chi connectivity index (χ0v) is 19.1. The molecule has 2 aromatic rings. The molecule has 5 nitrogen and oxygen atoms in total.